The second-order valence-electron chi connectivity index (χ2n) is 7.28. The number of hydrogen-bond donors (Lipinski definition) is 0. The summed E-state index contributed by atoms with van der Waals surface area (Å²) >= 11 is 0. The van der Waals surface area contributed by atoms with E-state index in [2.05, 4.69) is 60.3 Å². The van der Waals surface area contributed by atoms with E-state index in [1.165, 1.54) is 16.8 Å². The molecule has 0 atom stereocenters. The van der Waals surface area contributed by atoms with Gasteiger partial charge in [0.1, 0.15) is 12.7 Å². The number of hydrogen-bond acceptors (Lipinski definition) is 5. The smallest absolute Gasteiger partial charge is 0.139 e. The van der Waals surface area contributed by atoms with Crippen molar-refractivity contribution in [1.29, 1.82) is 0 Å². The second-order valence-corrected chi connectivity index (χ2v) is 7.28. The van der Waals surface area contributed by atoms with Gasteiger partial charge in [-0.05, 0) is 43.5 Å². The Kier molecular flexibility index (Phi) is 5.81. The Labute approximate surface area is 170 Å². The minimum Gasteiger partial charge on any atom is -0.337 e. The molecule has 4 aromatic heterocycles. The molecule has 0 radical (unpaired) electrons. The number of nitrogens with zero attached hydrogens (tertiary/aromatic N) is 8. The molecule has 8 heteroatoms. The molecule has 0 saturated carbocycles. The third kappa shape index (κ3) is 4.60. The molecule has 0 N–H and O–H groups in total. The highest BCUT2D eigenvalue weighted by Crippen LogP contribution is 2.19. The number of aromatic nitrogens is 7. The minimum atomic E-state index is 0.869. The van der Waals surface area contributed by atoms with Crippen LogP contribution in [0.25, 0.3) is 0 Å². The van der Waals surface area contributed by atoms with E-state index in [9.17, 15) is 0 Å². The Morgan fingerprint density at radius 2 is 1.86 bits per heavy atom. The van der Waals surface area contributed by atoms with Crippen LogP contribution >= 0.6 is 0 Å². The Hall–Kier alpha value is -3.26. The normalized spacial score (nSPS) is 11.4. The van der Waals surface area contributed by atoms with Crippen molar-refractivity contribution in [3.8, 4) is 0 Å². The van der Waals surface area contributed by atoms with E-state index in [0.717, 1.165) is 38.3 Å². The van der Waals surface area contributed by atoms with Crippen LogP contribution in [0.4, 0.5) is 0 Å². The molecule has 4 rings (SSSR count). The van der Waals surface area contributed by atoms with Crippen molar-refractivity contribution in [1.82, 2.24) is 39.0 Å². The first-order valence-corrected chi connectivity index (χ1v) is 9.81. The first kappa shape index (κ1) is 19.1. The molecule has 4 heterocycles. The average Bonchev–Trinajstić information content (AvgIpc) is 3.46. The highest BCUT2D eigenvalue weighted by Gasteiger charge is 2.15. The van der Waals surface area contributed by atoms with Crippen molar-refractivity contribution < 1.29 is 0 Å². The molecule has 0 amide bonds. The number of aryl methyl sites for hydroxylation is 2. The summed E-state index contributed by atoms with van der Waals surface area (Å²) in [7, 11) is 0. The summed E-state index contributed by atoms with van der Waals surface area (Å²) in [4.78, 5) is 10.9. The summed E-state index contributed by atoms with van der Waals surface area (Å²) in [6.07, 6.45) is 14.0. The lowest BCUT2D eigenvalue weighted by Crippen LogP contribution is -2.25. The van der Waals surface area contributed by atoms with Crippen LogP contribution in [0.5, 0.6) is 0 Å². The highest BCUT2D eigenvalue weighted by molar-refractivity contribution is 5.27. The van der Waals surface area contributed by atoms with Crippen LogP contribution in [-0.2, 0) is 19.6 Å². The zero-order chi connectivity index (χ0) is 20.1. The largest absolute Gasteiger partial charge is 0.337 e. The van der Waals surface area contributed by atoms with Crippen LogP contribution < -0.4 is 0 Å². The van der Waals surface area contributed by atoms with Crippen molar-refractivity contribution in [3.05, 3.63) is 84.5 Å². The minimum absolute atomic E-state index is 0.869. The van der Waals surface area contributed by atoms with Gasteiger partial charge in [0, 0.05) is 62.4 Å². The molecular weight excluding hydrogens is 364 g/mol. The number of rotatable bonds is 9. The van der Waals surface area contributed by atoms with Crippen LogP contribution in [0.15, 0.2) is 62.0 Å². The fraction of sp³-hybridized carbons (Fsp3) is 0.333. The predicted octanol–water partition coefficient (Wildman–Crippen LogP) is 2.69. The van der Waals surface area contributed by atoms with E-state index >= 15 is 0 Å². The fourth-order valence-electron chi connectivity index (χ4n) is 3.73. The maximum Gasteiger partial charge on any atom is 0.139 e. The van der Waals surface area contributed by atoms with Gasteiger partial charge >= 0.3 is 0 Å². The Balaban J connectivity index is 1.50. The Morgan fingerprint density at radius 3 is 2.59 bits per heavy atom. The molecule has 0 unspecified atom stereocenters. The molecule has 0 aliphatic rings. The molecule has 0 aliphatic heterocycles. The molecule has 0 saturated heterocycles. The highest BCUT2D eigenvalue weighted by atomic mass is 15.5. The van der Waals surface area contributed by atoms with Crippen molar-refractivity contribution in [2.24, 2.45) is 0 Å². The second kappa shape index (κ2) is 8.83. The van der Waals surface area contributed by atoms with Gasteiger partial charge in [-0.25, -0.2) is 9.66 Å². The summed E-state index contributed by atoms with van der Waals surface area (Å²) in [5.74, 6) is 0. The fourth-order valence-corrected chi connectivity index (χ4v) is 3.73. The Morgan fingerprint density at radius 1 is 1.00 bits per heavy atom. The summed E-state index contributed by atoms with van der Waals surface area (Å²) < 4.78 is 6.18. The lowest BCUT2D eigenvalue weighted by molar-refractivity contribution is 0.247. The van der Waals surface area contributed by atoms with Crippen molar-refractivity contribution in [2.75, 3.05) is 6.54 Å². The standard InChI is InChI=1S/C21H26N8/c1-18-11-21(19(2)29(18)28-16-24-25-17-28)14-27(13-20-5-3-6-22-12-20)9-4-8-26-10-7-23-15-26/h3,5-7,10-12,15-17H,4,8-9,13-14H2,1-2H3. The average molecular weight is 390 g/mol. The van der Waals surface area contributed by atoms with Gasteiger partial charge in [0.2, 0.25) is 0 Å². The predicted molar refractivity (Wildman–Crippen MR) is 110 cm³/mol. The monoisotopic (exact) mass is 390 g/mol. The SMILES string of the molecule is Cc1cc(CN(CCCn2ccnc2)Cc2cccnc2)c(C)n1-n1cnnc1. The maximum atomic E-state index is 4.27. The van der Waals surface area contributed by atoms with Gasteiger partial charge in [-0.1, -0.05) is 6.07 Å². The van der Waals surface area contributed by atoms with Gasteiger partial charge in [0.15, 0.2) is 0 Å². The van der Waals surface area contributed by atoms with E-state index in [-0.39, 0.29) is 0 Å². The lowest BCUT2D eigenvalue weighted by atomic mass is 10.2. The summed E-state index contributed by atoms with van der Waals surface area (Å²) in [5.41, 5.74) is 4.90. The molecule has 0 aromatic carbocycles. The molecule has 0 aliphatic carbocycles. The van der Waals surface area contributed by atoms with Gasteiger partial charge in [-0.3, -0.25) is 14.6 Å². The first-order valence-electron chi connectivity index (χ1n) is 9.81. The van der Waals surface area contributed by atoms with Crippen LogP contribution in [0, 0.1) is 13.8 Å². The van der Waals surface area contributed by atoms with Crippen LogP contribution in [0.1, 0.15) is 28.9 Å². The van der Waals surface area contributed by atoms with Crippen LogP contribution in [0.3, 0.4) is 0 Å². The van der Waals surface area contributed by atoms with Crippen molar-refractivity contribution in [2.45, 2.75) is 39.9 Å². The van der Waals surface area contributed by atoms with E-state index in [4.69, 9.17) is 0 Å². The van der Waals surface area contributed by atoms with Gasteiger partial charge in [-0.15, -0.1) is 10.2 Å². The summed E-state index contributed by atoms with van der Waals surface area (Å²) in [6.45, 7) is 7.96. The number of pyridine rings is 1. The van der Waals surface area contributed by atoms with E-state index in [1.807, 2.05) is 41.9 Å². The Bertz CT molecular complexity index is 1000. The number of imidazole rings is 1. The molecule has 150 valence electrons. The van der Waals surface area contributed by atoms with E-state index in [0.29, 0.717) is 0 Å². The third-order valence-electron chi connectivity index (χ3n) is 5.11. The first-order chi connectivity index (χ1) is 14.2. The van der Waals surface area contributed by atoms with Crippen LogP contribution in [0.2, 0.25) is 0 Å². The van der Waals surface area contributed by atoms with Crippen LogP contribution in [-0.4, -0.2) is 45.5 Å². The van der Waals surface area contributed by atoms with Gasteiger partial charge in [0.05, 0.1) is 6.33 Å². The van der Waals surface area contributed by atoms with Gasteiger partial charge in [-0.2, -0.15) is 0 Å². The van der Waals surface area contributed by atoms with Crippen molar-refractivity contribution in [3.63, 3.8) is 0 Å². The summed E-state index contributed by atoms with van der Waals surface area (Å²) in [6, 6.07) is 6.38. The zero-order valence-electron chi connectivity index (χ0n) is 16.9. The molecule has 29 heavy (non-hydrogen) atoms. The molecular formula is C21H26N8. The van der Waals surface area contributed by atoms with E-state index < -0.39 is 0 Å². The molecule has 4 aromatic rings. The maximum absolute atomic E-state index is 4.27. The van der Waals surface area contributed by atoms with Gasteiger partial charge in [0.25, 0.3) is 0 Å². The third-order valence-corrected chi connectivity index (χ3v) is 5.11. The molecule has 0 fully saturated rings. The zero-order valence-corrected chi connectivity index (χ0v) is 16.9. The van der Waals surface area contributed by atoms with E-state index in [1.54, 1.807) is 12.7 Å². The quantitative estimate of drug-likeness (QED) is 0.439. The molecule has 0 spiro atoms. The van der Waals surface area contributed by atoms with Crippen molar-refractivity contribution >= 4 is 0 Å². The topological polar surface area (TPSA) is 69.6 Å². The summed E-state index contributed by atoms with van der Waals surface area (Å²) in [5, 5.41) is 7.88. The molecule has 0 bridgehead atoms. The lowest BCUT2D eigenvalue weighted by Gasteiger charge is -2.22. The molecule has 8 nitrogen and oxygen atoms in total. The van der Waals surface area contributed by atoms with Gasteiger partial charge < -0.3 is 4.57 Å².